The van der Waals surface area contributed by atoms with Gasteiger partial charge in [0.05, 0.1) is 11.0 Å². The van der Waals surface area contributed by atoms with E-state index >= 15 is 0 Å². The highest BCUT2D eigenvalue weighted by atomic mass is 32.1. The van der Waals surface area contributed by atoms with Crippen LogP contribution in [0.3, 0.4) is 0 Å². The molecule has 1 fully saturated rings. The molecule has 1 saturated carbocycles. The number of carbonyl (C=O) groups excluding carboxylic acids is 1. The molecule has 1 aromatic rings. The average molecular weight is 293 g/mol. The van der Waals surface area contributed by atoms with E-state index in [2.05, 4.69) is 18.3 Å². The van der Waals surface area contributed by atoms with Crippen molar-refractivity contribution >= 4 is 17.2 Å². The summed E-state index contributed by atoms with van der Waals surface area (Å²) in [5, 5.41) is 12.3. The normalized spacial score (nSPS) is 28.6. The van der Waals surface area contributed by atoms with Gasteiger partial charge in [0, 0.05) is 11.4 Å². The number of fused-ring (bicyclic) bond motifs is 1. The van der Waals surface area contributed by atoms with E-state index in [1.165, 1.54) is 23.3 Å². The predicted octanol–water partition coefficient (Wildman–Crippen LogP) is 2.76. The Bertz CT molecular complexity index is 491. The molecule has 20 heavy (non-hydrogen) atoms. The minimum atomic E-state index is -0.142. The molecule has 0 spiro atoms. The van der Waals surface area contributed by atoms with Crippen molar-refractivity contribution in [3.8, 4) is 0 Å². The van der Waals surface area contributed by atoms with E-state index in [-0.39, 0.29) is 12.0 Å². The first kappa shape index (κ1) is 14.1. The lowest BCUT2D eigenvalue weighted by Gasteiger charge is -2.31. The lowest BCUT2D eigenvalue weighted by Crippen LogP contribution is -2.38. The third kappa shape index (κ3) is 2.91. The molecule has 0 bridgehead atoms. The van der Waals surface area contributed by atoms with Gasteiger partial charge < -0.3 is 10.4 Å². The van der Waals surface area contributed by atoms with Crippen molar-refractivity contribution in [1.82, 2.24) is 5.32 Å². The van der Waals surface area contributed by atoms with E-state index in [0.717, 1.165) is 36.5 Å². The molecule has 110 valence electrons. The first-order valence-corrected chi connectivity index (χ1v) is 8.55. The molecule has 2 N–H and O–H groups in total. The van der Waals surface area contributed by atoms with E-state index in [4.69, 9.17) is 0 Å². The Kier molecular flexibility index (Phi) is 4.13. The lowest BCUT2D eigenvalue weighted by atomic mass is 9.82. The minimum absolute atomic E-state index is 0.0684. The van der Waals surface area contributed by atoms with Gasteiger partial charge in [0.1, 0.15) is 0 Å². The number of nitrogens with one attached hydrogen (secondary N) is 1. The zero-order valence-electron chi connectivity index (χ0n) is 12.0. The number of amides is 1. The quantitative estimate of drug-likeness (QED) is 0.897. The minimum Gasteiger partial charge on any atom is -0.393 e. The molecule has 2 aliphatic rings. The molecule has 2 aliphatic carbocycles. The zero-order chi connectivity index (χ0) is 14.1. The van der Waals surface area contributed by atoms with Gasteiger partial charge in [-0.1, -0.05) is 13.3 Å². The molecule has 0 aromatic carbocycles. The SMILES string of the molecule is CCC1CCc2sc(C(=O)NCC3CC(O)C3)cc2C1. The highest BCUT2D eigenvalue weighted by Crippen LogP contribution is 2.33. The molecule has 1 amide bonds. The van der Waals surface area contributed by atoms with Gasteiger partial charge in [0.15, 0.2) is 0 Å². The standard InChI is InChI=1S/C16H23NO2S/c1-2-10-3-4-14-12(5-10)8-15(20-14)16(19)17-9-11-6-13(18)7-11/h8,10-11,13,18H,2-7,9H2,1H3,(H,17,19). The van der Waals surface area contributed by atoms with Gasteiger partial charge in [-0.3, -0.25) is 4.79 Å². The maximum atomic E-state index is 12.2. The Hall–Kier alpha value is -0.870. The van der Waals surface area contributed by atoms with E-state index < -0.39 is 0 Å². The van der Waals surface area contributed by atoms with Crippen LogP contribution in [0.5, 0.6) is 0 Å². The topological polar surface area (TPSA) is 49.3 Å². The maximum absolute atomic E-state index is 12.2. The molecule has 1 heterocycles. The summed E-state index contributed by atoms with van der Waals surface area (Å²) in [6.07, 6.45) is 6.31. The number of rotatable bonds is 4. The second kappa shape index (κ2) is 5.86. The molecular formula is C16H23NO2S. The van der Waals surface area contributed by atoms with Crippen LogP contribution < -0.4 is 5.32 Å². The molecular weight excluding hydrogens is 270 g/mol. The number of carbonyl (C=O) groups is 1. The van der Waals surface area contributed by atoms with Crippen LogP contribution in [0.2, 0.25) is 0 Å². The lowest BCUT2D eigenvalue weighted by molar-refractivity contribution is 0.0420. The van der Waals surface area contributed by atoms with Crippen LogP contribution >= 0.6 is 11.3 Å². The number of hydrogen-bond donors (Lipinski definition) is 2. The number of aryl methyl sites for hydroxylation is 1. The fourth-order valence-electron chi connectivity index (χ4n) is 3.25. The molecule has 1 aromatic heterocycles. The van der Waals surface area contributed by atoms with Crippen LogP contribution in [0.15, 0.2) is 6.07 Å². The molecule has 3 rings (SSSR count). The van der Waals surface area contributed by atoms with Crippen LogP contribution in [0.1, 0.15) is 52.7 Å². The van der Waals surface area contributed by atoms with E-state index in [9.17, 15) is 9.90 Å². The average Bonchev–Trinajstić information content (AvgIpc) is 2.84. The molecule has 3 nitrogen and oxygen atoms in total. The summed E-state index contributed by atoms with van der Waals surface area (Å²) in [7, 11) is 0. The summed E-state index contributed by atoms with van der Waals surface area (Å²) in [6, 6.07) is 2.10. The number of aliphatic hydroxyl groups is 1. The Labute approximate surface area is 124 Å². The van der Waals surface area contributed by atoms with Gasteiger partial charge in [0.25, 0.3) is 5.91 Å². The van der Waals surface area contributed by atoms with E-state index in [1.54, 1.807) is 11.3 Å². The molecule has 4 heteroatoms. The van der Waals surface area contributed by atoms with Crippen LogP contribution in [0.25, 0.3) is 0 Å². The van der Waals surface area contributed by atoms with Gasteiger partial charge >= 0.3 is 0 Å². The zero-order valence-corrected chi connectivity index (χ0v) is 12.8. The first-order chi connectivity index (χ1) is 9.65. The van der Waals surface area contributed by atoms with Crippen molar-refractivity contribution in [2.45, 2.75) is 51.6 Å². The number of aliphatic hydroxyl groups excluding tert-OH is 1. The molecule has 0 aliphatic heterocycles. The number of thiophene rings is 1. The first-order valence-electron chi connectivity index (χ1n) is 7.73. The smallest absolute Gasteiger partial charge is 0.261 e. The Morgan fingerprint density at radius 2 is 2.25 bits per heavy atom. The Balaban J connectivity index is 1.57. The molecule has 1 unspecified atom stereocenters. The monoisotopic (exact) mass is 293 g/mol. The van der Waals surface area contributed by atoms with Gasteiger partial charge in [0.2, 0.25) is 0 Å². The summed E-state index contributed by atoms with van der Waals surface area (Å²) in [5.41, 5.74) is 1.40. The van der Waals surface area contributed by atoms with Crippen molar-refractivity contribution in [2.24, 2.45) is 11.8 Å². The van der Waals surface area contributed by atoms with Gasteiger partial charge in [-0.25, -0.2) is 0 Å². The summed E-state index contributed by atoms with van der Waals surface area (Å²) in [5.74, 6) is 1.33. The van der Waals surface area contributed by atoms with Gasteiger partial charge in [-0.05, 0) is 55.6 Å². The van der Waals surface area contributed by atoms with E-state index in [1.807, 2.05) is 0 Å². The molecule has 1 atom stereocenters. The fraction of sp³-hybridized carbons (Fsp3) is 0.688. The highest BCUT2D eigenvalue weighted by Gasteiger charge is 2.28. The van der Waals surface area contributed by atoms with Crippen molar-refractivity contribution < 1.29 is 9.90 Å². The van der Waals surface area contributed by atoms with Gasteiger partial charge in [-0.2, -0.15) is 0 Å². The fourth-order valence-corrected chi connectivity index (χ4v) is 4.38. The third-order valence-electron chi connectivity index (χ3n) is 4.75. The van der Waals surface area contributed by atoms with Crippen LogP contribution in [0.4, 0.5) is 0 Å². The second-order valence-electron chi connectivity index (χ2n) is 6.28. The van der Waals surface area contributed by atoms with Crippen molar-refractivity contribution in [1.29, 1.82) is 0 Å². The molecule has 0 radical (unpaired) electrons. The highest BCUT2D eigenvalue weighted by molar-refractivity contribution is 7.14. The number of hydrogen-bond acceptors (Lipinski definition) is 3. The van der Waals surface area contributed by atoms with Crippen LogP contribution in [-0.2, 0) is 12.8 Å². The van der Waals surface area contributed by atoms with E-state index in [0.29, 0.717) is 12.5 Å². The summed E-state index contributed by atoms with van der Waals surface area (Å²) >= 11 is 1.67. The predicted molar refractivity (Wildman–Crippen MR) is 81.2 cm³/mol. The summed E-state index contributed by atoms with van der Waals surface area (Å²) in [4.78, 5) is 14.5. The summed E-state index contributed by atoms with van der Waals surface area (Å²) in [6.45, 7) is 2.96. The Morgan fingerprint density at radius 1 is 1.45 bits per heavy atom. The van der Waals surface area contributed by atoms with Gasteiger partial charge in [-0.15, -0.1) is 11.3 Å². The van der Waals surface area contributed by atoms with Crippen molar-refractivity contribution in [2.75, 3.05) is 6.54 Å². The van der Waals surface area contributed by atoms with Crippen LogP contribution in [-0.4, -0.2) is 23.7 Å². The van der Waals surface area contributed by atoms with Crippen molar-refractivity contribution in [3.63, 3.8) is 0 Å². The third-order valence-corrected chi connectivity index (χ3v) is 5.98. The van der Waals surface area contributed by atoms with Crippen LogP contribution in [0, 0.1) is 11.8 Å². The second-order valence-corrected chi connectivity index (χ2v) is 7.41. The maximum Gasteiger partial charge on any atom is 0.261 e. The Morgan fingerprint density at radius 3 is 2.95 bits per heavy atom. The largest absolute Gasteiger partial charge is 0.393 e. The van der Waals surface area contributed by atoms with Crippen molar-refractivity contribution in [3.05, 3.63) is 21.4 Å². The molecule has 0 saturated heterocycles. The summed E-state index contributed by atoms with van der Waals surface area (Å²) < 4.78 is 0.